The zero-order valence-electron chi connectivity index (χ0n) is 12.7. The van der Waals surface area contributed by atoms with Gasteiger partial charge in [0.2, 0.25) is 0 Å². The van der Waals surface area contributed by atoms with Crippen molar-refractivity contribution in [2.75, 3.05) is 6.54 Å². The van der Waals surface area contributed by atoms with Gasteiger partial charge in [0.1, 0.15) is 5.82 Å². The van der Waals surface area contributed by atoms with Crippen LogP contribution in [0.5, 0.6) is 0 Å². The van der Waals surface area contributed by atoms with E-state index < -0.39 is 0 Å². The van der Waals surface area contributed by atoms with E-state index >= 15 is 0 Å². The molecule has 1 atom stereocenters. The van der Waals surface area contributed by atoms with E-state index in [-0.39, 0.29) is 0 Å². The van der Waals surface area contributed by atoms with Crippen LogP contribution in [0.3, 0.4) is 0 Å². The Morgan fingerprint density at radius 3 is 2.90 bits per heavy atom. The number of rotatable bonds is 3. The van der Waals surface area contributed by atoms with E-state index in [0.29, 0.717) is 12.1 Å². The Kier molecular flexibility index (Phi) is 3.74. The molecule has 20 heavy (non-hydrogen) atoms. The molecule has 0 aromatic carbocycles. The maximum atomic E-state index is 4.43. The van der Waals surface area contributed by atoms with Crippen LogP contribution < -0.4 is 0 Å². The van der Waals surface area contributed by atoms with Crippen LogP contribution in [0.4, 0.5) is 0 Å². The van der Waals surface area contributed by atoms with Gasteiger partial charge < -0.3 is 0 Å². The van der Waals surface area contributed by atoms with Crippen LogP contribution in [0.1, 0.15) is 44.6 Å². The minimum Gasteiger partial charge on any atom is -0.298 e. The van der Waals surface area contributed by atoms with Crippen molar-refractivity contribution in [3.63, 3.8) is 0 Å². The molecule has 1 aliphatic heterocycles. The first-order valence-corrected chi connectivity index (χ1v) is 7.72. The molecule has 2 aromatic rings. The van der Waals surface area contributed by atoms with Crippen molar-refractivity contribution in [3.05, 3.63) is 29.7 Å². The largest absolute Gasteiger partial charge is 0.298 e. The van der Waals surface area contributed by atoms with Crippen molar-refractivity contribution in [2.45, 2.75) is 58.5 Å². The zero-order chi connectivity index (χ0) is 14.1. The van der Waals surface area contributed by atoms with Crippen molar-refractivity contribution in [2.24, 2.45) is 0 Å². The molecule has 3 heterocycles. The van der Waals surface area contributed by atoms with Gasteiger partial charge in [-0.25, -0.2) is 0 Å². The second-order valence-corrected chi connectivity index (χ2v) is 6.16. The molecule has 0 saturated carbocycles. The third kappa shape index (κ3) is 2.44. The molecule has 0 spiro atoms. The molecule has 4 heteroatoms. The summed E-state index contributed by atoms with van der Waals surface area (Å²) in [5.74, 6) is 1.11. The van der Waals surface area contributed by atoms with Gasteiger partial charge in [0.15, 0.2) is 5.65 Å². The smallest absolute Gasteiger partial charge is 0.160 e. The summed E-state index contributed by atoms with van der Waals surface area (Å²) in [6, 6.07) is 7.42. The highest BCUT2D eigenvalue weighted by molar-refractivity contribution is 5.39. The summed E-state index contributed by atoms with van der Waals surface area (Å²) in [6.07, 6.45) is 4.95. The summed E-state index contributed by atoms with van der Waals surface area (Å²) >= 11 is 0. The lowest BCUT2D eigenvalue weighted by molar-refractivity contribution is 0.110. The van der Waals surface area contributed by atoms with Crippen LogP contribution in [-0.2, 0) is 6.42 Å². The van der Waals surface area contributed by atoms with Gasteiger partial charge in [-0.3, -0.25) is 9.30 Å². The number of nitrogens with zero attached hydrogens (tertiary/aromatic N) is 4. The molecule has 1 aliphatic rings. The molecule has 1 saturated heterocycles. The lowest BCUT2D eigenvalue weighted by Crippen LogP contribution is -2.45. The van der Waals surface area contributed by atoms with E-state index in [2.05, 4.69) is 46.3 Å². The molecule has 1 unspecified atom stereocenters. The Bertz CT molecular complexity index is 587. The number of aromatic nitrogens is 3. The molecule has 2 aromatic heterocycles. The molecule has 0 bridgehead atoms. The molecule has 3 rings (SSSR count). The first-order chi connectivity index (χ1) is 9.66. The van der Waals surface area contributed by atoms with Gasteiger partial charge in [-0.2, -0.15) is 0 Å². The summed E-state index contributed by atoms with van der Waals surface area (Å²) in [5.41, 5.74) is 2.18. The maximum Gasteiger partial charge on any atom is 0.160 e. The van der Waals surface area contributed by atoms with Crippen LogP contribution in [0.2, 0.25) is 0 Å². The van der Waals surface area contributed by atoms with Crippen molar-refractivity contribution in [3.8, 4) is 0 Å². The molecule has 0 amide bonds. The number of aryl methyl sites for hydroxylation is 1. The number of piperidine rings is 1. The van der Waals surface area contributed by atoms with Crippen LogP contribution >= 0.6 is 0 Å². The van der Waals surface area contributed by atoms with Gasteiger partial charge >= 0.3 is 0 Å². The van der Waals surface area contributed by atoms with Gasteiger partial charge in [-0.15, -0.1) is 10.2 Å². The minimum absolute atomic E-state index is 0.607. The van der Waals surface area contributed by atoms with Gasteiger partial charge in [-0.05, 0) is 52.3 Å². The van der Waals surface area contributed by atoms with Crippen LogP contribution in [-0.4, -0.2) is 38.1 Å². The average molecular weight is 272 g/mol. The van der Waals surface area contributed by atoms with Crippen LogP contribution in [0, 0.1) is 6.92 Å². The Morgan fingerprint density at radius 2 is 2.10 bits per heavy atom. The van der Waals surface area contributed by atoms with Crippen LogP contribution in [0.25, 0.3) is 5.65 Å². The topological polar surface area (TPSA) is 33.4 Å². The molecular formula is C16H24N4. The third-order valence-electron chi connectivity index (χ3n) is 4.44. The predicted octanol–water partition coefficient (Wildman–Crippen LogP) is 2.84. The Morgan fingerprint density at radius 1 is 1.25 bits per heavy atom. The summed E-state index contributed by atoms with van der Waals surface area (Å²) in [4.78, 5) is 2.63. The molecule has 0 radical (unpaired) electrons. The Balaban J connectivity index is 1.88. The van der Waals surface area contributed by atoms with E-state index in [1.165, 1.54) is 31.5 Å². The highest BCUT2D eigenvalue weighted by atomic mass is 15.3. The second kappa shape index (κ2) is 5.52. The number of likely N-dealkylation sites (tertiary alicyclic amines) is 1. The molecule has 1 fully saturated rings. The first kappa shape index (κ1) is 13.6. The lowest BCUT2D eigenvalue weighted by atomic mass is 9.97. The van der Waals surface area contributed by atoms with E-state index in [1.54, 1.807) is 0 Å². The number of pyridine rings is 1. The highest BCUT2D eigenvalue weighted by Crippen LogP contribution is 2.22. The van der Waals surface area contributed by atoms with E-state index in [9.17, 15) is 0 Å². The quantitative estimate of drug-likeness (QED) is 0.861. The van der Waals surface area contributed by atoms with Crippen molar-refractivity contribution >= 4 is 5.65 Å². The van der Waals surface area contributed by atoms with Crippen molar-refractivity contribution < 1.29 is 0 Å². The van der Waals surface area contributed by atoms with Gasteiger partial charge in [0.25, 0.3) is 0 Å². The number of hydrogen-bond acceptors (Lipinski definition) is 3. The Hall–Kier alpha value is -1.42. The fourth-order valence-corrected chi connectivity index (χ4v) is 3.44. The molecule has 4 nitrogen and oxygen atoms in total. The fraction of sp³-hybridized carbons (Fsp3) is 0.625. The third-order valence-corrected chi connectivity index (χ3v) is 4.44. The minimum atomic E-state index is 0.607. The number of fused-ring (bicyclic) bond motifs is 1. The molecule has 0 aliphatic carbocycles. The van der Waals surface area contributed by atoms with Crippen molar-refractivity contribution in [1.29, 1.82) is 0 Å². The Labute approximate surface area is 120 Å². The monoisotopic (exact) mass is 272 g/mol. The van der Waals surface area contributed by atoms with Crippen LogP contribution in [0.15, 0.2) is 18.2 Å². The number of hydrogen-bond donors (Lipinski definition) is 0. The van der Waals surface area contributed by atoms with Crippen molar-refractivity contribution in [1.82, 2.24) is 19.5 Å². The first-order valence-electron chi connectivity index (χ1n) is 7.72. The van der Waals surface area contributed by atoms with Gasteiger partial charge in [-0.1, -0.05) is 12.5 Å². The summed E-state index contributed by atoms with van der Waals surface area (Å²) in [7, 11) is 0. The average Bonchev–Trinajstić information content (AvgIpc) is 2.84. The molecule has 0 N–H and O–H groups in total. The van der Waals surface area contributed by atoms with E-state index in [0.717, 1.165) is 17.9 Å². The second-order valence-electron chi connectivity index (χ2n) is 6.16. The molecule has 108 valence electrons. The van der Waals surface area contributed by atoms with Gasteiger partial charge in [0.05, 0.1) is 0 Å². The summed E-state index contributed by atoms with van der Waals surface area (Å²) < 4.78 is 2.20. The van der Waals surface area contributed by atoms with E-state index in [4.69, 9.17) is 0 Å². The lowest BCUT2D eigenvalue weighted by Gasteiger charge is -2.38. The predicted molar refractivity (Wildman–Crippen MR) is 80.9 cm³/mol. The van der Waals surface area contributed by atoms with Gasteiger partial charge in [0, 0.05) is 24.2 Å². The zero-order valence-corrected chi connectivity index (χ0v) is 12.7. The fourth-order valence-electron chi connectivity index (χ4n) is 3.44. The normalized spacial score (nSPS) is 20.9. The van der Waals surface area contributed by atoms with E-state index in [1.807, 2.05) is 12.1 Å². The summed E-state index contributed by atoms with van der Waals surface area (Å²) in [5, 5.41) is 8.74. The standard InChI is InChI=1S/C16H24N4/c1-12(2)19-10-5-4-8-14(19)11-16-18-17-15-9-6-7-13(3)20(15)16/h6-7,9,12,14H,4-5,8,10-11H2,1-3H3. The molecular weight excluding hydrogens is 248 g/mol. The highest BCUT2D eigenvalue weighted by Gasteiger charge is 2.26. The summed E-state index contributed by atoms with van der Waals surface area (Å²) in [6.45, 7) is 7.94. The SMILES string of the molecule is Cc1cccc2nnc(CC3CCCCN3C(C)C)n12. The maximum absolute atomic E-state index is 4.43.